The number of aromatic nitrogens is 1. The van der Waals surface area contributed by atoms with Crippen LogP contribution in [0.2, 0.25) is 0 Å². The maximum Gasteiger partial charge on any atom is 0.227 e. The lowest BCUT2D eigenvalue weighted by molar-refractivity contribution is 0.477. The summed E-state index contributed by atoms with van der Waals surface area (Å²) >= 11 is 0. The Hall–Kier alpha value is -4.11. The fourth-order valence-corrected chi connectivity index (χ4v) is 3.56. The first-order valence-electron chi connectivity index (χ1n) is 9.80. The van der Waals surface area contributed by atoms with Crippen molar-refractivity contribution in [1.82, 2.24) is 4.98 Å². The van der Waals surface area contributed by atoms with Gasteiger partial charge < -0.3 is 9.52 Å². The second kappa shape index (κ2) is 7.72. The van der Waals surface area contributed by atoms with E-state index in [1.54, 1.807) is 6.07 Å². The minimum absolute atomic E-state index is 0.247. The van der Waals surface area contributed by atoms with Crippen LogP contribution in [-0.4, -0.2) is 10.1 Å². The molecule has 5 rings (SSSR count). The van der Waals surface area contributed by atoms with Gasteiger partial charge in [-0.25, -0.2) is 4.98 Å². The normalized spacial score (nSPS) is 10.8. The van der Waals surface area contributed by atoms with Crippen LogP contribution in [0.5, 0.6) is 5.75 Å². The van der Waals surface area contributed by atoms with Crippen molar-refractivity contribution in [1.29, 1.82) is 0 Å². The Morgan fingerprint density at radius 1 is 0.567 bits per heavy atom. The number of nitrogens with zero attached hydrogens (tertiary/aromatic N) is 1. The third-order valence-electron chi connectivity index (χ3n) is 5.03. The number of hydrogen-bond donors (Lipinski definition) is 1. The van der Waals surface area contributed by atoms with Crippen LogP contribution < -0.4 is 0 Å². The molecule has 3 nitrogen and oxygen atoms in total. The van der Waals surface area contributed by atoms with E-state index >= 15 is 0 Å². The zero-order chi connectivity index (χ0) is 20.3. The maximum atomic E-state index is 10.2. The lowest BCUT2D eigenvalue weighted by atomic mass is 10.0. The molecule has 0 spiro atoms. The molecule has 0 saturated heterocycles. The van der Waals surface area contributed by atoms with Crippen LogP contribution in [0.3, 0.4) is 0 Å². The average Bonchev–Trinajstić information content (AvgIpc) is 3.26. The Morgan fingerprint density at radius 2 is 1.17 bits per heavy atom. The van der Waals surface area contributed by atoms with Crippen molar-refractivity contribution in [2.24, 2.45) is 0 Å². The predicted octanol–water partition coefficient (Wildman–Crippen LogP) is 7.05. The fraction of sp³-hybridized carbons (Fsp3) is 0. The topological polar surface area (TPSA) is 46.3 Å². The van der Waals surface area contributed by atoms with E-state index in [1.807, 2.05) is 103 Å². The minimum Gasteiger partial charge on any atom is -0.507 e. The van der Waals surface area contributed by atoms with Gasteiger partial charge in [-0.05, 0) is 23.8 Å². The third kappa shape index (κ3) is 3.38. The van der Waals surface area contributed by atoms with E-state index in [4.69, 9.17) is 9.40 Å². The van der Waals surface area contributed by atoms with E-state index in [0.717, 1.165) is 39.3 Å². The first-order chi connectivity index (χ1) is 14.8. The molecular weight excluding hydrogens is 370 g/mol. The maximum absolute atomic E-state index is 10.2. The first-order valence-corrected chi connectivity index (χ1v) is 9.80. The molecule has 3 heteroatoms. The molecule has 30 heavy (non-hydrogen) atoms. The van der Waals surface area contributed by atoms with Gasteiger partial charge in [0, 0.05) is 22.3 Å². The van der Waals surface area contributed by atoms with E-state index < -0.39 is 0 Å². The highest BCUT2D eigenvalue weighted by atomic mass is 16.4. The highest BCUT2D eigenvalue weighted by Gasteiger charge is 2.18. The summed E-state index contributed by atoms with van der Waals surface area (Å²) in [6.45, 7) is 0. The molecule has 0 fully saturated rings. The van der Waals surface area contributed by atoms with Crippen molar-refractivity contribution in [3.8, 4) is 50.9 Å². The molecule has 0 aliphatic rings. The van der Waals surface area contributed by atoms with E-state index in [2.05, 4.69) is 0 Å². The van der Waals surface area contributed by atoms with Crippen LogP contribution in [0.1, 0.15) is 0 Å². The summed E-state index contributed by atoms with van der Waals surface area (Å²) in [4.78, 5) is 4.86. The van der Waals surface area contributed by atoms with Gasteiger partial charge in [0.15, 0.2) is 5.76 Å². The van der Waals surface area contributed by atoms with Crippen molar-refractivity contribution >= 4 is 0 Å². The molecule has 1 heterocycles. The quantitative estimate of drug-likeness (QED) is 0.358. The summed E-state index contributed by atoms with van der Waals surface area (Å²) in [5, 5.41) is 10.2. The van der Waals surface area contributed by atoms with Crippen molar-refractivity contribution < 1.29 is 9.52 Å². The van der Waals surface area contributed by atoms with Gasteiger partial charge in [0.25, 0.3) is 0 Å². The molecule has 5 aromatic rings. The zero-order valence-electron chi connectivity index (χ0n) is 16.2. The van der Waals surface area contributed by atoms with Crippen LogP contribution in [0.15, 0.2) is 114 Å². The second-order valence-electron chi connectivity index (χ2n) is 7.03. The van der Waals surface area contributed by atoms with E-state index in [-0.39, 0.29) is 5.75 Å². The molecule has 0 amide bonds. The molecule has 0 saturated carbocycles. The molecule has 1 aromatic heterocycles. The summed E-state index contributed by atoms with van der Waals surface area (Å²) in [6, 6.07) is 35.3. The largest absolute Gasteiger partial charge is 0.507 e. The standard InChI is InChI=1S/C27H19NO2/c29-24-17-8-7-16-23(24)21-14-9-15-22(18-21)27-28-25(19-10-3-1-4-11-19)26(30-27)20-12-5-2-6-13-20/h1-18,29H. The second-order valence-corrected chi connectivity index (χ2v) is 7.03. The van der Waals surface area contributed by atoms with Gasteiger partial charge in [0.05, 0.1) is 0 Å². The van der Waals surface area contributed by atoms with Crippen LogP contribution in [-0.2, 0) is 0 Å². The van der Waals surface area contributed by atoms with Crippen molar-refractivity contribution in [3.63, 3.8) is 0 Å². The van der Waals surface area contributed by atoms with E-state index in [0.29, 0.717) is 5.89 Å². The molecule has 0 radical (unpaired) electrons. The molecule has 0 atom stereocenters. The van der Waals surface area contributed by atoms with Gasteiger partial charge in [-0.1, -0.05) is 91.0 Å². The van der Waals surface area contributed by atoms with Crippen molar-refractivity contribution in [2.45, 2.75) is 0 Å². The average molecular weight is 389 g/mol. The SMILES string of the molecule is Oc1ccccc1-c1cccc(-c2nc(-c3ccccc3)c(-c3ccccc3)o2)c1. The van der Waals surface area contributed by atoms with Crippen LogP contribution in [0.4, 0.5) is 0 Å². The number of para-hydroxylation sites is 1. The Labute approximate surface area is 174 Å². The Balaban J connectivity index is 1.65. The Kier molecular flexibility index (Phi) is 4.62. The van der Waals surface area contributed by atoms with Gasteiger partial charge in [0.1, 0.15) is 11.4 Å². The molecule has 0 aliphatic heterocycles. The molecule has 4 aromatic carbocycles. The van der Waals surface area contributed by atoms with Crippen LogP contribution in [0.25, 0.3) is 45.2 Å². The number of phenols is 1. The molecule has 144 valence electrons. The summed E-state index contributed by atoms with van der Waals surface area (Å²) < 4.78 is 6.29. The van der Waals surface area contributed by atoms with Crippen LogP contribution >= 0.6 is 0 Å². The smallest absolute Gasteiger partial charge is 0.227 e. The molecule has 0 bridgehead atoms. The number of benzene rings is 4. The Morgan fingerprint density at radius 3 is 1.90 bits per heavy atom. The fourth-order valence-electron chi connectivity index (χ4n) is 3.56. The zero-order valence-corrected chi connectivity index (χ0v) is 16.2. The van der Waals surface area contributed by atoms with Gasteiger partial charge in [0.2, 0.25) is 5.89 Å². The monoisotopic (exact) mass is 389 g/mol. The molecule has 0 unspecified atom stereocenters. The molecule has 0 aliphatic carbocycles. The van der Waals surface area contributed by atoms with Gasteiger partial charge in [-0.2, -0.15) is 0 Å². The third-order valence-corrected chi connectivity index (χ3v) is 5.03. The molecular formula is C27H19NO2. The van der Waals surface area contributed by atoms with Crippen molar-refractivity contribution in [3.05, 3.63) is 109 Å². The van der Waals surface area contributed by atoms with Crippen LogP contribution in [0, 0.1) is 0 Å². The van der Waals surface area contributed by atoms with Gasteiger partial charge in [-0.15, -0.1) is 0 Å². The summed E-state index contributed by atoms with van der Waals surface area (Å²) in [5.41, 5.74) is 5.33. The predicted molar refractivity (Wildman–Crippen MR) is 120 cm³/mol. The van der Waals surface area contributed by atoms with Crippen molar-refractivity contribution in [2.75, 3.05) is 0 Å². The number of oxazole rings is 1. The Bertz CT molecular complexity index is 1230. The molecule has 1 N–H and O–H groups in total. The van der Waals surface area contributed by atoms with Gasteiger partial charge in [-0.3, -0.25) is 0 Å². The highest BCUT2D eigenvalue weighted by Crippen LogP contribution is 2.37. The number of aromatic hydroxyl groups is 1. The summed E-state index contributed by atoms with van der Waals surface area (Å²) in [5.74, 6) is 1.53. The van der Waals surface area contributed by atoms with Gasteiger partial charge >= 0.3 is 0 Å². The number of rotatable bonds is 4. The number of phenolic OH excluding ortho intramolecular Hbond substituents is 1. The lowest BCUT2D eigenvalue weighted by Gasteiger charge is -2.05. The highest BCUT2D eigenvalue weighted by molar-refractivity contribution is 5.80. The number of hydrogen-bond acceptors (Lipinski definition) is 3. The van der Waals surface area contributed by atoms with E-state index in [9.17, 15) is 5.11 Å². The van der Waals surface area contributed by atoms with E-state index in [1.165, 1.54) is 0 Å². The summed E-state index contributed by atoms with van der Waals surface area (Å²) in [7, 11) is 0. The minimum atomic E-state index is 0.247. The summed E-state index contributed by atoms with van der Waals surface area (Å²) in [6.07, 6.45) is 0. The lowest BCUT2D eigenvalue weighted by Crippen LogP contribution is -1.83. The first kappa shape index (κ1) is 18.0.